The summed E-state index contributed by atoms with van der Waals surface area (Å²) < 4.78 is 2.62. The first-order valence-electron chi connectivity index (χ1n) is 11.4. The van der Waals surface area contributed by atoms with Crippen molar-refractivity contribution in [3.8, 4) is 0 Å². The average Bonchev–Trinajstić information content (AvgIpc) is 3.13. The molecule has 0 heterocycles. The number of halogens is 2. The first-order valence-corrected chi connectivity index (χ1v) is 16.7. The van der Waals surface area contributed by atoms with E-state index in [1.54, 1.807) is 22.3 Å². The summed E-state index contributed by atoms with van der Waals surface area (Å²) in [7, 11) is -0.0840. The van der Waals surface area contributed by atoms with Crippen LogP contribution in [0.15, 0.2) is 49.6 Å². The Bertz CT molecular complexity index is 871. The molecule has 0 fully saturated rings. The van der Waals surface area contributed by atoms with Crippen LogP contribution in [-0.4, -0.2) is 11.3 Å². The van der Waals surface area contributed by atoms with E-state index in [4.69, 9.17) is 0 Å². The molecule has 0 saturated heterocycles. The van der Waals surface area contributed by atoms with Crippen LogP contribution in [0.1, 0.15) is 90.0 Å². The summed E-state index contributed by atoms with van der Waals surface area (Å²) in [6.07, 6.45) is 5.25. The number of hydrogen-bond donors (Lipinski definition) is 0. The second-order valence-electron chi connectivity index (χ2n) is 9.57. The van der Waals surface area contributed by atoms with Crippen molar-refractivity contribution in [2.75, 3.05) is 0 Å². The van der Waals surface area contributed by atoms with Crippen molar-refractivity contribution >= 4 is 14.0 Å². The van der Waals surface area contributed by atoms with Gasteiger partial charge in [-0.1, -0.05) is 0 Å². The monoisotopic (exact) mass is 644 g/mol. The van der Waals surface area contributed by atoms with Gasteiger partial charge in [-0.2, -0.15) is 0 Å². The molecule has 3 rings (SSSR count). The van der Waals surface area contributed by atoms with Crippen molar-refractivity contribution in [2.24, 2.45) is 5.41 Å². The van der Waals surface area contributed by atoms with E-state index < -0.39 is 22.9 Å². The third-order valence-electron chi connectivity index (χ3n) is 7.69. The zero-order valence-electron chi connectivity index (χ0n) is 20.7. The van der Waals surface area contributed by atoms with Crippen molar-refractivity contribution in [1.82, 2.24) is 0 Å². The van der Waals surface area contributed by atoms with E-state index in [-0.39, 0.29) is 38.2 Å². The topological polar surface area (TPSA) is 0 Å². The SMILES string of the molecule is CCC(C)P(C1=Cc2ccccc2[CH]1[Hf+2][C]1=C(C)C(C)=C(C)C1(C)C)C(C)CC.[Cl-].[Cl-]. The van der Waals surface area contributed by atoms with Crippen LogP contribution in [0.4, 0.5) is 0 Å². The normalized spacial score (nSPS) is 22.1. The molecule has 0 aliphatic heterocycles. The molecule has 1 aromatic rings. The molecule has 31 heavy (non-hydrogen) atoms. The van der Waals surface area contributed by atoms with Gasteiger partial charge in [0, 0.05) is 0 Å². The van der Waals surface area contributed by atoms with Crippen molar-refractivity contribution < 1.29 is 47.7 Å². The predicted octanol–water partition coefficient (Wildman–Crippen LogP) is 2.90. The molecular formula is C27H39Cl2HfP. The molecule has 0 nitrogen and oxygen atoms in total. The third kappa shape index (κ3) is 5.37. The van der Waals surface area contributed by atoms with Crippen LogP contribution < -0.4 is 24.8 Å². The van der Waals surface area contributed by atoms with Gasteiger partial charge < -0.3 is 24.8 Å². The second-order valence-corrected chi connectivity index (χ2v) is 17.6. The molecular weight excluding hydrogens is 605 g/mol. The van der Waals surface area contributed by atoms with E-state index in [0.29, 0.717) is 0 Å². The van der Waals surface area contributed by atoms with E-state index in [0.717, 1.165) is 15.0 Å². The number of fused-ring (bicyclic) bond motifs is 1. The van der Waals surface area contributed by atoms with Gasteiger partial charge in [-0.15, -0.1) is 0 Å². The molecule has 0 spiro atoms. The summed E-state index contributed by atoms with van der Waals surface area (Å²) in [5.74, 6) is 0. The molecule has 2 aliphatic rings. The van der Waals surface area contributed by atoms with E-state index in [1.165, 1.54) is 18.4 Å². The molecule has 2 aliphatic carbocycles. The van der Waals surface area contributed by atoms with Gasteiger partial charge in [0.25, 0.3) is 0 Å². The Morgan fingerprint density at radius 3 is 1.97 bits per heavy atom. The minimum atomic E-state index is -1.09. The number of rotatable bonds is 7. The van der Waals surface area contributed by atoms with Crippen LogP contribution in [-0.2, 0) is 22.9 Å². The summed E-state index contributed by atoms with van der Waals surface area (Å²) >= 11 is -1.09. The van der Waals surface area contributed by atoms with Gasteiger partial charge in [-0.3, -0.25) is 0 Å². The largest absolute Gasteiger partial charge is 1.00 e. The maximum absolute atomic E-state index is 2.64. The van der Waals surface area contributed by atoms with E-state index >= 15 is 0 Å². The van der Waals surface area contributed by atoms with Crippen LogP contribution in [0, 0.1) is 5.41 Å². The minimum absolute atomic E-state index is 0. The maximum atomic E-state index is 2.64. The van der Waals surface area contributed by atoms with Gasteiger partial charge in [0.2, 0.25) is 0 Å². The maximum Gasteiger partial charge on any atom is -1.00 e. The van der Waals surface area contributed by atoms with Gasteiger partial charge >= 0.3 is 193 Å². The Hall–Kier alpha value is 0.320. The molecule has 170 valence electrons. The zero-order valence-corrected chi connectivity index (χ0v) is 26.7. The van der Waals surface area contributed by atoms with Gasteiger partial charge in [-0.25, -0.2) is 0 Å². The first kappa shape index (κ1) is 29.4. The Morgan fingerprint density at radius 2 is 1.48 bits per heavy atom. The molecule has 4 heteroatoms. The molecule has 3 atom stereocenters. The molecule has 0 radical (unpaired) electrons. The second kappa shape index (κ2) is 11.6. The fourth-order valence-corrected chi connectivity index (χ4v) is 17.4. The molecule has 1 aromatic carbocycles. The number of hydrogen-bond acceptors (Lipinski definition) is 0. The summed E-state index contributed by atoms with van der Waals surface area (Å²) in [6.45, 7) is 21.9. The molecule has 0 N–H and O–H groups in total. The van der Waals surface area contributed by atoms with Crippen LogP contribution >= 0.6 is 7.92 Å². The molecule has 0 bridgehead atoms. The quantitative estimate of drug-likeness (QED) is 0.317. The smallest absolute Gasteiger partial charge is 1.00 e. The third-order valence-corrected chi connectivity index (χ3v) is 20.1. The Morgan fingerprint density at radius 1 is 0.935 bits per heavy atom. The van der Waals surface area contributed by atoms with Gasteiger partial charge in [0.15, 0.2) is 0 Å². The summed E-state index contributed by atoms with van der Waals surface area (Å²) in [6, 6.07) is 9.33. The van der Waals surface area contributed by atoms with Crippen LogP contribution in [0.2, 0.25) is 0 Å². The Balaban J connectivity index is 0.00000240. The Kier molecular flexibility index (Phi) is 11.0. The summed E-state index contributed by atoms with van der Waals surface area (Å²) in [4.78, 5) is 0. The van der Waals surface area contributed by atoms with E-state index in [9.17, 15) is 0 Å². The van der Waals surface area contributed by atoms with Crippen LogP contribution in [0.5, 0.6) is 0 Å². The molecule has 0 amide bonds. The van der Waals surface area contributed by atoms with Crippen molar-refractivity contribution in [3.63, 3.8) is 0 Å². The van der Waals surface area contributed by atoms with Crippen molar-refractivity contribution in [1.29, 1.82) is 0 Å². The standard InChI is InChI=1S/C17H24P.C10H15.2ClH.Hf/c1-5-13(3)18(14(4)6-2)17-11-15-9-7-8-10-16(15)12-17;1-7-6-10(4,5)9(3)8(7)2;;;/h7-14H,5-6H2,1-4H3;1-5H3;2*1H;/q;;;;+2/p-2. The van der Waals surface area contributed by atoms with E-state index in [1.807, 2.05) is 8.64 Å². The van der Waals surface area contributed by atoms with Crippen LogP contribution in [0.25, 0.3) is 6.08 Å². The fraction of sp³-hybridized carbons (Fsp3) is 0.556. The van der Waals surface area contributed by atoms with Crippen molar-refractivity contribution in [3.05, 3.63) is 60.8 Å². The van der Waals surface area contributed by atoms with Gasteiger partial charge in [-0.05, 0) is 0 Å². The summed E-state index contributed by atoms with van der Waals surface area (Å²) in [5, 5.41) is 1.85. The fourth-order valence-electron chi connectivity index (χ4n) is 5.05. The van der Waals surface area contributed by atoms with Crippen molar-refractivity contribution in [2.45, 2.75) is 90.1 Å². The van der Waals surface area contributed by atoms with Crippen LogP contribution in [0.3, 0.4) is 0 Å². The zero-order chi connectivity index (χ0) is 21.5. The predicted molar refractivity (Wildman–Crippen MR) is 128 cm³/mol. The van der Waals surface area contributed by atoms with E-state index in [2.05, 4.69) is 92.7 Å². The van der Waals surface area contributed by atoms with Gasteiger partial charge in [0.05, 0.1) is 0 Å². The molecule has 0 saturated carbocycles. The minimum Gasteiger partial charge on any atom is -1.00 e. The summed E-state index contributed by atoms with van der Waals surface area (Å²) in [5.41, 5.74) is 9.91. The number of allylic oxidation sites excluding steroid dienone is 5. The Labute approximate surface area is 216 Å². The average molecular weight is 644 g/mol. The van der Waals surface area contributed by atoms with Gasteiger partial charge in [0.1, 0.15) is 0 Å². The molecule has 0 aromatic heterocycles. The first-order chi connectivity index (χ1) is 13.6. The molecule has 3 unspecified atom stereocenters. The number of benzene rings is 1.